The molecule has 0 unspecified atom stereocenters. The fourth-order valence-electron chi connectivity index (χ4n) is 1.18. The van der Waals surface area contributed by atoms with Crippen LogP contribution in [0.1, 0.15) is 28.1 Å². The molecule has 1 N–H and O–H groups in total. The quantitative estimate of drug-likeness (QED) is 0.765. The van der Waals surface area contributed by atoms with Gasteiger partial charge in [0.05, 0.1) is 13.2 Å². The van der Waals surface area contributed by atoms with Crippen LogP contribution in [0.4, 0.5) is 0 Å². The van der Waals surface area contributed by atoms with E-state index in [0.717, 1.165) is 32.8 Å². The van der Waals surface area contributed by atoms with Crippen LogP contribution in [0.15, 0.2) is 12.2 Å². The van der Waals surface area contributed by atoms with Crippen molar-refractivity contribution in [2.75, 3.05) is 39.9 Å². The summed E-state index contributed by atoms with van der Waals surface area (Å²) in [6.45, 7) is 8.70. The van der Waals surface area contributed by atoms with Crippen LogP contribution in [0.5, 0.6) is 0 Å². The molecule has 0 spiro atoms. The SMILES string of the molecule is CCCC.CNC(=O)/C=C/CN1CCOCC1.[HH]. The van der Waals surface area contributed by atoms with Crippen molar-refractivity contribution < 1.29 is 11.0 Å². The van der Waals surface area contributed by atoms with Gasteiger partial charge < -0.3 is 10.1 Å². The van der Waals surface area contributed by atoms with Gasteiger partial charge >= 0.3 is 0 Å². The van der Waals surface area contributed by atoms with E-state index in [4.69, 9.17) is 4.74 Å². The number of carbonyl (C=O) groups excluding carboxylic acids is 1. The Morgan fingerprint density at radius 2 is 1.94 bits per heavy atom. The Labute approximate surface area is 106 Å². The summed E-state index contributed by atoms with van der Waals surface area (Å²) in [4.78, 5) is 13.1. The standard InChI is InChI=1S/C9H16N2O2.C4H10.H2/c1-10-9(12)3-2-4-11-5-7-13-8-6-11;1-3-4-2;/h2-3H,4-8H2,1H3,(H,10,12);3-4H2,1-2H3;1H/b3-2+;;. The zero-order chi connectivity index (χ0) is 12.9. The highest BCUT2D eigenvalue weighted by Crippen LogP contribution is 1.95. The number of ether oxygens (including phenoxy) is 1. The number of hydrogen-bond acceptors (Lipinski definition) is 3. The maximum atomic E-state index is 10.8. The predicted octanol–water partition coefficient (Wildman–Crippen LogP) is 1.67. The number of unbranched alkanes of at least 4 members (excludes halogenated alkanes) is 1. The molecule has 0 radical (unpaired) electrons. The maximum absolute atomic E-state index is 10.8. The lowest BCUT2D eigenvalue weighted by molar-refractivity contribution is -0.116. The van der Waals surface area contributed by atoms with Gasteiger partial charge in [0.15, 0.2) is 0 Å². The lowest BCUT2D eigenvalue weighted by Gasteiger charge is -2.24. The van der Waals surface area contributed by atoms with Gasteiger partial charge in [-0.2, -0.15) is 0 Å². The van der Waals surface area contributed by atoms with E-state index >= 15 is 0 Å². The van der Waals surface area contributed by atoms with Gasteiger partial charge in [-0.3, -0.25) is 9.69 Å². The molecule has 1 fully saturated rings. The maximum Gasteiger partial charge on any atom is 0.243 e. The first-order valence-corrected chi connectivity index (χ1v) is 6.42. The highest BCUT2D eigenvalue weighted by atomic mass is 16.5. The number of morpholine rings is 1. The second-order valence-electron chi connectivity index (χ2n) is 3.93. The average molecular weight is 244 g/mol. The van der Waals surface area contributed by atoms with Gasteiger partial charge in [-0.25, -0.2) is 0 Å². The minimum atomic E-state index is -0.0479. The van der Waals surface area contributed by atoms with Crippen molar-refractivity contribution in [1.82, 2.24) is 10.2 Å². The zero-order valence-corrected chi connectivity index (χ0v) is 11.4. The molecule has 1 rings (SSSR count). The summed E-state index contributed by atoms with van der Waals surface area (Å²) in [6.07, 6.45) is 6.08. The summed E-state index contributed by atoms with van der Waals surface area (Å²) in [5.41, 5.74) is 0. The molecule has 102 valence electrons. The third-order valence-corrected chi connectivity index (χ3v) is 2.48. The molecule has 0 saturated carbocycles. The molecule has 17 heavy (non-hydrogen) atoms. The normalized spacial score (nSPS) is 16.4. The molecule has 0 aromatic heterocycles. The highest BCUT2D eigenvalue weighted by molar-refractivity contribution is 5.87. The summed E-state index contributed by atoms with van der Waals surface area (Å²) >= 11 is 0. The number of nitrogens with one attached hydrogen (secondary N) is 1. The van der Waals surface area contributed by atoms with Crippen LogP contribution in [0.25, 0.3) is 0 Å². The van der Waals surface area contributed by atoms with Gasteiger partial charge in [-0.05, 0) is 0 Å². The summed E-state index contributed by atoms with van der Waals surface area (Å²) < 4.78 is 5.20. The van der Waals surface area contributed by atoms with Gasteiger partial charge in [-0.15, -0.1) is 0 Å². The van der Waals surface area contributed by atoms with Crippen molar-refractivity contribution in [2.24, 2.45) is 0 Å². The second-order valence-corrected chi connectivity index (χ2v) is 3.93. The van der Waals surface area contributed by atoms with Gasteiger partial charge in [0.2, 0.25) is 5.91 Å². The summed E-state index contributed by atoms with van der Waals surface area (Å²) in [7, 11) is 1.63. The van der Waals surface area contributed by atoms with Gasteiger partial charge in [-0.1, -0.05) is 32.8 Å². The fourth-order valence-corrected chi connectivity index (χ4v) is 1.18. The predicted molar refractivity (Wildman–Crippen MR) is 73.2 cm³/mol. The third kappa shape index (κ3) is 10.0. The summed E-state index contributed by atoms with van der Waals surface area (Å²) in [5, 5.41) is 2.53. The molecule has 4 heteroatoms. The Morgan fingerprint density at radius 1 is 1.35 bits per heavy atom. The zero-order valence-electron chi connectivity index (χ0n) is 11.4. The lowest BCUT2D eigenvalue weighted by atomic mass is 10.4. The first-order valence-electron chi connectivity index (χ1n) is 6.42. The van der Waals surface area contributed by atoms with Crippen LogP contribution in [0.2, 0.25) is 0 Å². The van der Waals surface area contributed by atoms with E-state index in [9.17, 15) is 4.79 Å². The molecule has 1 saturated heterocycles. The van der Waals surface area contributed by atoms with E-state index in [1.807, 2.05) is 6.08 Å². The van der Waals surface area contributed by atoms with Gasteiger partial charge in [0.1, 0.15) is 0 Å². The molecule has 1 heterocycles. The second kappa shape index (κ2) is 11.6. The minimum Gasteiger partial charge on any atom is -0.379 e. The van der Waals surface area contributed by atoms with Crippen molar-refractivity contribution in [3.63, 3.8) is 0 Å². The number of carbonyl (C=O) groups is 1. The van der Waals surface area contributed by atoms with Crippen LogP contribution >= 0.6 is 0 Å². The molecular weight excluding hydrogens is 216 g/mol. The van der Waals surface area contributed by atoms with Crippen molar-refractivity contribution in [1.29, 1.82) is 0 Å². The molecule has 4 nitrogen and oxygen atoms in total. The first kappa shape index (κ1) is 16.1. The fraction of sp³-hybridized carbons (Fsp3) is 0.769. The van der Waals surface area contributed by atoms with E-state index in [1.165, 1.54) is 12.8 Å². The monoisotopic (exact) mass is 244 g/mol. The molecule has 1 amide bonds. The molecule has 0 aromatic carbocycles. The van der Waals surface area contributed by atoms with E-state index in [2.05, 4.69) is 24.1 Å². The Bertz CT molecular complexity index is 215. The number of likely N-dealkylation sites (N-methyl/N-ethyl adjacent to an activating group) is 1. The van der Waals surface area contributed by atoms with Crippen molar-refractivity contribution in [3.8, 4) is 0 Å². The molecule has 0 aliphatic carbocycles. The highest BCUT2D eigenvalue weighted by Gasteiger charge is 2.07. The summed E-state index contributed by atoms with van der Waals surface area (Å²) in [6, 6.07) is 0. The largest absolute Gasteiger partial charge is 0.379 e. The number of amides is 1. The van der Waals surface area contributed by atoms with E-state index in [1.54, 1.807) is 13.1 Å². The Hall–Kier alpha value is -0.870. The molecule has 1 aliphatic rings. The van der Waals surface area contributed by atoms with Crippen LogP contribution in [0, 0.1) is 0 Å². The molecule has 0 atom stereocenters. The number of hydrogen-bond donors (Lipinski definition) is 1. The van der Waals surface area contributed by atoms with Crippen LogP contribution < -0.4 is 5.32 Å². The molecular formula is C13H28N2O2. The molecule has 0 bridgehead atoms. The Kier molecular flexibility index (Phi) is 11.0. The topological polar surface area (TPSA) is 41.6 Å². The van der Waals surface area contributed by atoms with Gasteiger partial charge in [0, 0.05) is 34.2 Å². The van der Waals surface area contributed by atoms with Crippen LogP contribution in [-0.2, 0) is 9.53 Å². The molecule has 1 aliphatic heterocycles. The smallest absolute Gasteiger partial charge is 0.243 e. The van der Waals surface area contributed by atoms with Crippen molar-refractivity contribution >= 4 is 5.91 Å². The number of nitrogens with zero attached hydrogens (tertiary/aromatic N) is 1. The van der Waals surface area contributed by atoms with Crippen molar-refractivity contribution in [3.05, 3.63) is 12.2 Å². The lowest BCUT2D eigenvalue weighted by Crippen LogP contribution is -2.36. The first-order chi connectivity index (χ1) is 8.24. The Balaban J connectivity index is 0. The van der Waals surface area contributed by atoms with Gasteiger partial charge in [0.25, 0.3) is 0 Å². The van der Waals surface area contributed by atoms with Crippen LogP contribution in [-0.4, -0.2) is 50.7 Å². The minimum absolute atomic E-state index is 0. The van der Waals surface area contributed by atoms with Crippen LogP contribution in [0.3, 0.4) is 0 Å². The number of rotatable bonds is 4. The van der Waals surface area contributed by atoms with Crippen molar-refractivity contribution in [2.45, 2.75) is 26.7 Å². The van der Waals surface area contributed by atoms with E-state index in [0.29, 0.717) is 0 Å². The van der Waals surface area contributed by atoms with E-state index in [-0.39, 0.29) is 7.33 Å². The Morgan fingerprint density at radius 3 is 2.41 bits per heavy atom. The van der Waals surface area contributed by atoms with E-state index < -0.39 is 0 Å². The third-order valence-electron chi connectivity index (χ3n) is 2.48. The molecule has 0 aromatic rings. The average Bonchev–Trinajstić information content (AvgIpc) is 2.40. The summed E-state index contributed by atoms with van der Waals surface area (Å²) in [5.74, 6) is -0.0479.